The van der Waals surface area contributed by atoms with Crippen LogP contribution in [0.15, 0.2) is 12.4 Å². The second kappa shape index (κ2) is 9.54. The standard InChI is InChI=1S/C2H2N4.H2O3S.Pt/c1-2-4-6-5-3-1;1-4(2)3;/h1-2H;4H,(H,1,2,3);. The van der Waals surface area contributed by atoms with Gasteiger partial charge in [0.15, 0.2) is 0 Å². The van der Waals surface area contributed by atoms with Gasteiger partial charge in [0.1, 0.15) is 0 Å². The predicted molar refractivity (Wildman–Crippen MR) is 30.6 cm³/mol. The third kappa shape index (κ3) is 17.7. The molecule has 0 atom stereocenters. The van der Waals surface area contributed by atoms with Crippen LogP contribution in [-0.4, -0.2) is 33.6 Å². The van der Waals surface area contributed by atoms with E-state index in [1.165, 1.54) is 12.4 Å². The van der Waals surface area contributed by atoms with Crippen molar-refractivity contribution in [2.45, 2.75) is 0 Å². The minimum Gasteiger partial charge on any atom is -0.288 e. The zero-order chi connectivity index (χ0) is 7.82. The quantitative estimate of drug-likeness (QED) is 0.422. The number of aromatic nitrogens is 4. The zero-order valence-electron chi connectivity index (χ0n) is 4.97. The van der Waals surface area contributed by atoms with Gasteiger partial charge in [-0.3, -0.25) is 4.55 Å². The molecule has 0 radical (unpaired) electrons. The largest absolute Gasteiger partial charge is 0.288 e. The van der Waals surface area contributed by atoms with Crippen LogP contribution in [0.2, 0.25) is 0 Å². The zero-order valence-corrected chi connectivity index (χ0v) is 8.14. The summed E-state index contributed by atoms with van der Waals surface area (Å²) in [7, 11) is -3.12. The molecule has 0 aliphatic carbocycles. The Bertz CT molecular complexity index is 193. The van der Waals surface area contributed by atoms with E-state index in [2.05, 4.69) is 20.6 Å². The van der Waals surface area contributed by atoms with E-state index in [9.17, 15) is 0 Å². The van der Waals surface area contributed by atoms with Gasteiger partial charge in [-0.05, 0) is 10.4 Å². The third-order valence-electron chi connectivity index (χ3n) is 0.343. The van der Waals surface area contributed by atoms with Gasteiger partial charge >= 0.3 is 0 Å². The van der Waals surface area contributed by atoms with Gasteiger partial charge < -0.3 is 0 Å². The Balaban J connectivity index is 0. The van der Waals surface area contributed by atoms with Crippen LogP contribution >= 0.6 is 0 Å². The fourth-order valence-electron chi connectivity index (χ4n) is 0.165. The Kier molecular flexibility index (Phi) is 11.4. The maximum atomic E-state index is 8.59. The second-order valence-electron chi connectivity index (χ2n) is 0.946. The van der Waals surface area contributed by atoms with Gasteiger partial charge in [0.25, 0.3) is 11.0 Å². The molecule has 11 heavy (non-hydrogen) atoms. The number of hydrogen-bond donors (Lipinski definition) is 2. The van der Waals surface area contributed by atoms with Crippen molar-refractivity contribution < 1.29 is 34.0 Å². The molecule has 1 heterocycles. The summed E-state index contributed by atoms with van der Waals surface area (Å²) in [6.45, 7) is 0. The number of nitrogens with zero attached hydrogens (tertiary/aromatic N) is 4. The number of hydrogen-bond acceptors (Lipinski definition) is 6. The molecule has 1 N–H and O–H groups in total. The molecule has 1 aromatic rings. The molecule has 7 nitrogen and oxygen atoms in total. The molecular weight excluding hydrogens is 355 g/mol. The number of thiol groups is 1. The average molecular weight is 359 g/mol. The maximum Gasteiger partial charge on any atom is 0.254 e. The summed E-state index contributed by atoms with van der Waals surface area (Å²) < 4.78 is 24.2. The van der Waals surface area contributed by atoms with Crippen molar-refractivity contribution >= 4 is 11.0 Å². The van der Waals surface area contributed by atoms with Gasteiger partial charge in [0.05, 0.1) is 12.4 Å². The average Bonchev–Trinajstić information content (AvgIpc) is 1.90. The first kappa shape index (κ1) is 13.2. The van der Waals surface area contributed by atoms with E-state index in [0.717, 1.165) is 0 Å². The third-order valence-corrected chi connectivity index (χ3v) is 0.343. The van der Waals surface area contributed by atoms with Crippen molar-refractivity contribution in [3.63, 3.8) is 0 Å². The Morgan fingerprint density at radius 3 is 1.45 bits per heavy atom. The van der Waals surface area contributed by atoms with E-state index in [1.807, 2.05) is 0 Å². The fraction of sp³-hybridized carbons (Fsp3) is 0. The molecule has 0 aliphatic heterocycles. The first-order valence-corrected chi connectivity index (χ1v) is 3.15. The number of rotatable bonds is 0. The fourth-order valence-corrected chi connectivity index (χ4v) is 0.165. The Morgan fingerprint density at radius 1 is 1.09 bits per heavy atom. The monoisotopic (exact) mass is 359 g/mol. The smallest absolute Gasteiger partial charge is 0.254 e. The van der Waals surface area contributed by atoms with Crippen molar-refractivity contribution in [1.29, 1.82) is 0 Å². The van der Waals surface area contributed by atoms with Crippen molar-refractivity contribution in [3.05, 3.63) is 12.4 Å². The minimum atomic E-state index is -3.12. The molecule has 0 amide bonds. The Hall–Kier alpha value is -0.462. The minimum absolute atomic E-state index is 0. The van der Waals surface area contributed by atoms with Gasteiger partial charge in [0, 0.05) is 21.1 Å². The summed E-state index contributed by atoms with van der Waals surface area (Å²) in [6.07, 6.45) is 2.93. The van der Waals surface area contributed by atoms with Crippen LogP contribution < -0.4 is 0 Å². The normalized spacial score (nSPS) is 7.45. The predicted octanol–water partition coefficient (Wildman–Crippen LogP) is -1.67. The van der Waals surface area contributed by atoms with Crippen LogP contribution in [0.5, 0.6) is 0 Å². The van der Waals surface area contributed by atoms with E-state index in [1.54, 1.807) is 0 Å². The van der Waals surface area contributed by atoms with E-state index < -0.39 is 11.0 Å². The summed E-state index contributed by atoms with van der Waals surface area (Å²) in [5.41, 5.74) is 0. The first-order valence-electron chi connectivity index (χ1n) is 2.01. The van der Waals surface area contributed by atoms with Crippen molar-refractivity contribution in [2.75, 3.05) is 0 Å². The van der Waals surface area contributed by atoms with Crippen LogP contribution in [0.3, 0.4) is 0 Å². The van der Waals surface area contributed by atoms with Crippen molar-refractivity contribution in [1.82, 2.24) is 20.6 Å². The van der Waals surface area contributed by atoms with Crippen LogP contribution in [0.25, 0.3) is 0 Å². The summed E-state index contributed by atoms with van der Waals surface area (Å²) in [4.78, 5) is 0. The molecule has 66 valence electrons. The van der Waals surface area contributed by atoms with E-state index in [4.69, 9.17) is 13.0 Å². The Morgan fingerprint density at radius 2 is 1.36 bits per heavy atom. The van der Waals surface area contributed by atoms with Crippen LogP contribution in [0, 0.1) is 0 Å². The Labute approximate surface area is 78.3 Å². The SMILES string of the molecule is O=[SH](=O)O.[Pt].c1cnnnn1. The van der Waals surface area contributed by atoms with E-state index >= 15 is 0 Å². The summed E-state index contributed by atoms with van der Waals surface area (Å²) in [5.74, 6) is 0. The van der Waals surface area contributed by atoms with E-state index in [-0.39, 0.29) is 21.1 Å². The molecule has 0 spiro atoms. The topological polar surface area (TPSA) is 106 Å². The van der Waals surface area contributed by atoms with Crippen LogP contribution in [0.1, 0.15) is 0 Å². The van der Waals surface area contributed by atoms with Crippen LogP contribution in [0.4, 0.5) is 0 Å². The molecule has 0 unspecified atom stereocenters. The molecule has 0 saturated carbocycles. The molecule has 1 rings (SSSR count). The van der Waals surface area contributed by atoms with E-state index in [0.29, 0.717) is 0 Å². The van der Waals surface area contributed by atoms with Gasteiger partial charge in [-0.25, -0.2) is 8.42 Å². The molecule has 0 aliphatic rings. The first-order chi connectivity index (χ1) is 4.73. The summed E-state index contributed by atoms with van der Waals surface area (Å²) in [5, 5.41) is 13.1. The van der Waals surface area contributed by atoms with Crippen LogP contribution in [-0.2, 0) is 32.1 Å². The molecule has 1 aromatic heterocycles. The molecule has 0 fully saturated rings. The van der Waals surface area contributed by atoms with Crippen molar-refractivity contribution in [3.8, 4) is 0 Å². The molecule has 0 bridgehead atoms. The molecule has 9 heteroatoms. The second-order valence-corrected chi connectivity index (χ2v) is 1.42. The molecule has 0 saturated heterocycles. The maximum absolute atomic E-state index is 8.59. The van der Waals surface area contributed by atoms with Crippen molar-refractivity contribution in [2.24, 2.45) is 0 Å². The summed E-state index contributed by atoms with van der Waals surface area (Å²) >= 11 is 0. The van der Waals surface area contributed by atoms with Gasteiger partial charge in [0.2, 0.25) is 0 Å². The van der Waals surface area contributed by atoms with Gasteiger partial charge in [-0.15, -0.1) is 10.2 Å². The van der Waals surface area contributed by atoms with Gasteiger partial charge in [-0.1, -0.05) is 0 Å². The summed E-state index contributed by atoms with van der Waals surface area (Å²) in [6, 6.07) is 0. The van der Waals surface area contributed by atoms with Gasteiger partial charge in [-0.2, -0.15) is 0 Å². The molecular formula is C2H4N4O3PtS. The molecule has 0 aromatic carbocycles.